The Bertz CT molecular complexity index is 143. The maximum Gasteiger partial charge on any atom is -0.0204 e. The number of hydrogen-bond acceptors (Lipinski definition) is 0. The van der Waals surface area contributed by atoms with Crippen molar-refractivity contribution in [1.82, 2.24) is 0 Å². The zero-order valence-electron chi connectivity index (χ0n) is 6.11. The predicted molar refractivity (Wildman–Crippen MR) is 37.1 cm³/mol. The molecule has 0 aliphatic heterocycles. The zero-order chi connectivity index (χ0) is 6.11. The highest BCUT2D eigenvalue weighted by Gasteiger charge is 2.85. The molecule has 3 aliphatic carbocycles. The first kappa shape index (κ1) is 4.76. The summed E-state index contributed by atoms with van der Waals surface area (Å²) in [5, 5.41) is 0. The first-order chi connectivity index (χ1) is 4.36. The van der Waals surface area contributed by atoms with Crippen molar-refractivity contribution in [3.63, 3.8) is 0 Å². The molecule has 3 fully saturated rings. The minimum Gasteiger partial charge on any atom is -0.0651 e. The number of rotatable bonds is 1. The van der Waals surface area contributed by atoms with Crippen LogP contribution in [-0.2, 0) is 0 Å². The predicted octanol–water partition coefficient (Wildman–Crippen LogP) is 2.59. The summed E-state index contributed by atoms with van der Waals surface area (Å²) in [6.07, 6.45) is 7.83. The van der Waals surface area contributed by atoms with Crippen LogP contribution in [0.3, 0.4) is 0 Å². The van der Waals surface area contributed by atoms with Crippen molar-refractivity contribution in [1.29, 1.82) is 0 Å². The number of fused-ring (bicyclic) bond motifs is 1. The summed E-state index contributed by atoms with van der Waals surface area (Å²) in [4.78, 5) is 0. The second-order valence-corrected chi connectivity index (χ2v) is 4.27. The Morgan fingerprint density at radius 1 is 1.11 bits per heavy atom. The van der Waals surface area contributed by atoms with E-state index in [2.05, 4.69) is 6.92 Å². The van der Waals surface area contributed by atoms with Gasteiger partial charge in [-0.2, -0.15) is 0 Å². The molecule has 0 saturated heterocycles. The monoisotopic (exact) mass is 122 g/mol. The molecule has 3 aliphatic rings. The summed E-state index contributed by atoms with van der Waals surface area (Å²) < 4.78 is 0. The fraction of sp³-hybridized carbons (Fsp3) is 1.00. The first-order valence-corrected chi connectivity index (χ1v) is 4.36. The minimum atomic E-state index is 0.974. The Kier molecular flexibility index (Phi) is 0.518. The van der Waals surface area contributed by atoms with E-state index in [4.69, 9.17) is 0 Å². The topological polar surface area (TPSA) is 0 Å². The van der Waals surface area contributed by atoms with Crippen LogP contribution in [0.1, 0.15) is 39.0 Å². The van der Waals surface area contributed by atoms with E-state index in [1.165, 1.54) is 12.3 Å². The normalized spacial score (nSPS) is 45.7. The molecule has 0 amide bonds. The molecular weight excluding hydrogens is 108 g/mol. The Morgan fingerprint density at radius 3 is 1.67 bits per heavy atom. The largest absolute Gasteiger partial charge is 0.0651 e. The van der Waals surface area contributed by atoms with Gasteiger partial charge in [0.05, 0.1) is 0 Å². The average Bonchev–Trinajstić information content (AvgIpc) is 2.56. The van der Waals surface area contributed by atoms with Gasteiger partial charge >= 0.3 is 0 Å². The van der Waals surface area contributed by atoms with Crippen molar-refractivity contribution in [2.75, 3.05) is 0 Å². The van der Waals surface area contributed by atoms with E-state index in [1.807, 2.05) is 0 Å². The van der Waals surface area contributed by atoms with Gasteiger partial charge in [-0.15, -0.1) is 0 Å². The lowest BCUT2D eigenvalue weighted by atomic mass is 10.2. The van der Waals surface area contributed by atoms with Gasteiger partial charge < -0.3 is 0 Å². The fourth-order valence-electron chi connectivity index (χ4n) is 3.58. The van der Waals surface area contributed by atoms with Crippen LogP contribution >= 0.6 is 0 Å². The van der Waals surface area contributed by atoms with E-state index in [-0.39, 0.29) is 0 Å². The summed E-state index contributed by atoms with van der Waals surface area (Å²) in [5.74, 6) is 1.19. The van der Waals surface area contributed by atoms with Gasteiger partial charge in [0, 0.05) is 0 Å². The van der Waals surface area contributed by atoms with E-state index >= 15 is 0 Å². The SMILES string of the molecule is CCC1C2(CC2)C12CC2. The molecule has 0 radical (unpaired) electrons. The van der Waals surface area contributed by atoms with Crippen LogP contribution in [0.4, 0.5) is 0 Å². The highest BCUT2D eigenvalue weighted by molar-refractivity contribution is 5.33. The van der Waals surface area contributed by atoms with Crippen molar-refractivity contribution in [3.8, 4) is 0 Å². The molecule has 0 aromatic heterocycles. The second-order valence-electron chi connectivity index (χ2n) is 4.27. The van der Waals surface area contributed by atoms with E-state index in [0.29, 0.717) is 0 Å². The number of hydrogen-bond donors (Lipinski definition) is 0. The van der Waals surface area contributed by atoms with Gasteiger partial charge in [0.1, 0.15) is 0 Å². The standard InChI is InChI=1S/C9H14/c1-2-7-8(3-4-8)9(7)5-6-9/h7H,2-6H2,1H3. The third-order valence-electron chi connectivity index (χ3n) is 4.23. The first-order valence-electron chi connectivity index (χ1n) is 4.36. The van der Waals surface area contributed by atoms with E-state index < -0.39 is 0 Å². The quantitative estimate of drug-likeness (QED) is 0.501. The van der Waals surface area contributed by atoms with Gasteiger partial charge in [-0.1, -0.05) is 13.3 Å². The van der Waals surface area contributed by atoms with Crippen LogP contribution < -0.4 is 0 Å². The van der Waals surface area contributed by atoms with Gasteiger partial charge in [0.15, 0.2) is 0 Å². The van der Waals surface area contributed by atoms with Crippen LogP contribution in [0.2, 0.25) is 0 Å². The van der Waals surface area contributed by atoms with Crippen LogP contribution in [0.25, 0.3) is 0 Å². The van der Waals surface area contributed by atoms with Crippen molar-refractivity contribution >= 4 is 0 Å². The van der Waals surface area contributed by atoms with Gasteiger partial charge in [0.2, 0.25) is 0 Å². The summed E-state index contributed by atoms with van der Waals surface area (Å²) >= 11 is 0. The Morgan fingerprint density at radius 2 is 1.56 bits per heavy atom. The lowest BCUT2D eigenvalue weighted by Gasteiger charge is -1.82. The molecule has 2 spiro atoms. The summed E-state index contributed by atoms with van der Waals surface area (Å²) in [5.41, 5.74) is 1.95. The van der Waals surface area contributed by atoms with Gasteiger partial charge in [-0.3, -0.25) is 0 Å². The molecule has 0 nitrogen and oxygen atoms in total. The molecule has 3 rings (SSSR count). The van der Waals surface area contributed by atoms with Gasteiger partial charge in [0.25, 0.3) is 0 Å². The minimum absolute atomic E-state index is 0.974. The van der Waals surface area contributed by atoms with Crippen molar-refractivity contribution < 1.29 is 0 Å². The van der Waals surface area contributed by atoms with Crippen LogP contribution in [-0.4, -0.2) is 0 Å². The lowest BCUT2D eigenvalue weighted by Crippen LogP contribution is -1.73. The summed E-state index contributed by atoms with van der Waals surface area (Å²) in [6, 6.07) is 0. The highest BCUT2D eigenvalue weighted by Crippen LogP contribution is 2.93. The van der Waals surface area contributed by atoms with Crippen molar-refractivity contribution in [2.45, 2.75) is 39.0 Å². The Labute approximate surface area is 56.6 Å². The van der Waals surface area contributed by atoms with Gasteiger partial charge in [-0.05, 0) is 42.4 Å². The van der Waals surface area contributed by atoms with Crippen molar-refractivity contribution in [3.05, 3.63) is 0 Å². The van der Waals surface area contributed by atoms with Gasteiger partial charge in [-0.25, -0.2) is 0 Å². The second kappa shape index (κ2) is 0.980. The Balaban J connectivity index is 1.93. The smallest absolute Gasteiger partial charge is 0.0204 e. The highest BCUT2D eigenvalue weighted by atomic mass is 14.9. The van der Waals surface area contributed by atoms with Crippen molar-refractivity contribution in [2.24, 2.45) is 16.7 Å². The summed E-state index contributed by atoms with van der Waals surface area (Å²) in [6.45, 7) is 2.37. The molecule has 50 valence electrons. The van der Waals surface area contributed by atoms with E-state index in [0.717, 1.165) is 10.8 Å². The maximum atomic E-state index is 2.37. The zero-order valence-corrected chi connectivity index (χ0v) is 6.11. The molecule has 3 saturated carbocycles. The van der Waals surface area contributed by atoms with Crippen LogP contribution in [0, 0.1) is 16.7 Å². The molecule has 0 heterocycles. The fourth-order valence-corrected chi connectivity index (χ4v) is 3.58. The molecular formula is C9H14. The molecule has 0 heteroatoms. The third kappa shape index (κ3) is 0.300. The maximum absolute atomic E-state index is 2.37. The lowest BCUT2D eigenvalue weighted by molar-refractivity contribution is 0.677. The Hall–Kier alpha value is 0. The third-order valence-corrected chi connectivity index (χ3v) is 4.23. The molecule has 0 bridgehead atoms. The van der Waals surface area contributed by atoms with Crippen LogP contribution in [0.5, 0.6) is 0 Å². The molecule has 0 N–H and O–H groups in total. The molecule has 0 atom stereocenters. The van der Waals surface area contributed by atoms with Crippen LogP contribution in [0.15, 0.2) is 0 Å². The molecule has 0 aromatic carbocycles. The average molecular weight is 122 g/mol. The molecule has 0 aromatic rings. The molecule has 0 unspecified atom stereocenters. The summed E-state index contributed by atoms with van der Waals surface area (Å²) in [7, 11) is 0. The molecule has 9 heavy (non-hydrogen) atoms. The van der Waals surface area contributed by atoms with E-state index in [9.17, 15) is 0 Å². The van der Waals surface area contributed by atoms with E-state index in [1.54, 1.807) is 25.7 Å².